The van der Waals surface area contributed by atoms with Crippen molar-refractivity contribution in [3.8, 4) is 11.9 Å². The average Bonchev–Trinajstić information content (AvgIpc) is 1.96. The third kappa shape index (κ3) is 1.39. The first-order valence-corrected chi connectivity index (χ1v) is 3.40. The van der Waals surface area contributed by atoms with E-state index in [9.17, 15) is 0 Å². The summed E-state index contributed by atoms with van der Waals surface area (Å²) in [5.74, 6) is -0.144. The van der Waals surface area contributed by atoms with Crippen molar-refractivity contribution in [2.45, 2.75) is 20.3 Å². The van der Waals surface area contributed by atoms with Crippen LogP contribution in [0.2, 0.25) is 0 Å². The van der Waals surface area contributed by atoms with E-state index >= 15 is 0 Å². The number of rotatable bonds is 1. The minimum Gasteiger partial charge on any atom is -0.493 e. The highest BCUT2D eigenvalue weighted by Crippen LogP contribution is 2.18. The third-order valence-electron chi connectivity index (χ3n) is 1.54. The van der Waals surface area contributed by atoms with Crippen molar-refractivity contribution in [1.82, 2.24) is 9.97 Å². The number of aromatic hydroxyl groups is 2. The number of aromatic nitrogens is 2. The van der Waals surface area contributed by atoms with Crippen molar-refractivity contribution >= 4 is 0 Å². The Morgan fingerprint density at radius 3 is 2.45 bits per heavy atom. The quantitative estimate of drug-likeness (QED) is 0.626. The molecule has 0 saturated heterocycles. The summed E-state index contributed by atoms with van der Waals surface area (Å²) in [7, 11) is 0. The van der Waals surface area contributed by atoms with Gasteiger partial charge in [-0.3, -0.25) is 0 Å². The van der Waals surface area contributed by atoms with E-state index in [0.717, 1.165) is 0 Å². The van der Waals surface area contributed by atoms with Gasteiger partial charge in [0, 0.05) is 5.56 Å². The Morgan fingerprint density at radius 2 is 1.91 bits per heavy atom. The molecule has 11 heavy (non-hydrogen) atoms. The third-order valence-corrected chi connectivity index (χ3v) is 1.54. The van der Waals surface area contributed by atoms with E-state index in [-0.39, 0.29) is 11.9 Å². The molecule has 4 heteroatoms. The Hall–Kier alpha value is -1.32. The van der Waals surface area contributed by atoms with Gasteiger partial charge in [0.25, 0.3) is 0 Å². The molecular weight excluding hydrogens is 144 g/mol. The molecule has 0 unspecified atom stereocenters. The summed E-state index contributed by atoms with van der Waals surface area (Å²) in [6.45, 7) is 3.61. The van der Waals surface area contributed by atoms with Crippen molar-refractivity contribution < 1.29 is 10.2 Å². The van der Waals surface area contributed by atoms with Gasteiger partial charge in [-0.15, -0.1) is 0 Å². The zero-order valence-electron chi connectivity index (χ0n) is 6.50. The van der Waals surface area contributed by atoms with Gasteiger partial charge in [0.15, 0.2) is 0 Å². The van der Waals surface area contributed by atoms with Crippen LogP contribution in [0.4, 0.5) is 0 Å². The summed E-state index contributed by atoms with van der Waals surface area (Å²) in [5.41, 5.74) is 1.31. The summed E-state index contributed by atoms with van der Waals surface area (Å²) in [4.78, 5) is 7.12. The SMILES string of the molecule is CCc1nc(O)nc(O)c1C. The van der Waals surface area contributed by atoms with Gasteiger partial charge in [-0.2, -0.15) is 9.97 Å². The second-order valence-electron chi connectivity index (χ2n) is 2.27. The minimum atomic E-state index is -0.370. The van der Waals surface area contributed by atoms with Crippen LogP contribution in [0.1, 0.15) is 18.2 Å². The maximum Gasteiger partial charge on any atom is 0.317 e. The Labute approximate surface area is 64.6 Å². The molecule has 0 aliphatic heterocycles. The fraction of sp³-hybridized carbons (Fsp3) is 0.429. The highest BCUT2D eigenvalue weighted by Gasteiger charge is 2.06. The van der Waals surface area contributed by atoms with E-state index in [2.05, 4.69) is 9.97 Å². The number of aryl methyl sites for hydroxylation is 1. The van der Waals surface area contributed by atoms with E-state index in [1.807, 2.05) is 6.92 Å². The van der Waals surface area contributed by atoms with Crippen LogP contribution >= 0.6 is 0 Å². The highest BCUT2D eigenvalue weighted by atomic mass is 16.3. The summed E-state index contributed by atoms with van der Waals surface area (Å²) in [6, 6.07) is -0.370. The molecule has 0 radical (unpaired) electrons. The molecular formula is C7H10N2O2. The van der Waals surface area contributed by atoms with Gasteiger partial charge in [0.2, 0.25) is 5.88 Å². The predicted octanol–water partition coefficient (Wildman–Crippen LogP) is 0.759. The molecule has 2 N–H and O–H groups in total. The van der Waals surface area contributed by atoms with E-state index in [1.165, 1.54) is 0 Å². The summed E-state index contributed by atoms with van der Waals surface area (Å²) < 4.78 is 0. The lowest BCUT2D eigenvalue weighted by molar-refractivity contribution is 0.392. The van der Waals surface area contributed by atoms with E-state index in [4.69, 9.17) is 10.2 Å². The molecule has 0 bridgehead atoms. The molecule has 0 aromatic carbocycles. The molecule has 0 saturated carbocycles. The zero-order chi connectivity index (χ0) is 8.43. The largest absolute Gasteiger partial charge is 0.493 e. The first-order valence-electron chi connectivity index (χ1n) is 3.40. The Morgan fingerprint density at radius 1 is 1.27 bits per heavy atom. The monoisotopic (exact) mass is 154 g/mol. The first-order chi connectivity index (χ1) is 5.15. The smallest absolute Gasteiger partial charge is 0.317 e. The van der Waals surface area contributed by atoms with Crippen molar-refractivity contribution in [3.63, 3.8) is 0 Å². The summed E-state index contributed by atoms with van der Waals surface area (Å²) >= 11 is 0. The Kier molecular flexibility index (Phi) is 1.94. The molecule has 1 heterocycles. The zero-order valence-corrected chi connectivity index (χ0v) is 6.50. The second-order valence-corrected chi connectivity index (χ2v) is 2.27. The fourth-order valence-electron chi connectivity index (χ4n) is 0.881. The molecule has 1 aromatic rings. The van der Waals surface area contributed by atoms with Gasteiger partial charge in [0.05, 0.1) is 5.69 Å². The first kappa shape index (κ1) is 7.78. The number of hydrogen-bond acceptors (Lipinski definition) is 4. The van der Waals surface area contributed by atoms with Gasteiger partial charge in [-0.1, -0.05) is 6.92 Å². The Bertz CT molecular complexity index is 273. The maximum atomic E-state index is 9.10. The predicted molar refractivity (Wildman–Crippen MR) is 39.5 cm³/mol. The molecule has 0 aliphatic rings. The normalized spacial score (nSPS) is 10.0. The van der Waals surface area contributed by atoms with Gasteiger partial charge in [-0.05, 0) is 13.3 Å². The van der Waals surface area contributed by atoms with Crippen molar-refractivity contribution in [1.29, 1.82) is 0 Å². The summed E-state index contributed by atoms with van der Waals surface area (Å²) in [5, 5.41) is 18.0. The highest BCUT2D eigenvalue weighted by molar-refractivity contribution is 5.29. The van der Waals surface area contributed by atoms with Crippen molar-refractivity contribution in [2.24, 2.45) is 0 Å². The minimum absolute atomic E-state index is 0.144. The van der Waals surface area contributed by atoms with Crippen molar-refractivity contribution in [2.75, 3.05) is 0 Å². The lowest BCUT2D eigenvalue weighted by Crippen LogP contribution is -1.94. The summed E-state index contributed by atoms with van der Waals surface area (Å²) in [6.07, 6.45) is 0.676. The standard InChI is InChI=1S/C7H10N2O2/c1-3-5-4(2)6(10)9-7(11)8-5/h3H2,1-2H3,(H2,8,9,10,11). The fourth-order valence-corrected chi connectivity index (χ4v) is 0.881. The van der Waals surface area contributed by atoms with E-state index in [0.29, 0.717) is 17.7 Å². The van der Waals surface area contributed by atoms with Crippen LogP contribution in [-0.2, 0) is 6.42 Å². The van der Waals surface area contributed by atoms with Crippen LogP contribution in [0.3, 0.4) is 0 Å². The molecule has 0 fully saturated rings. The van der Waals surface area contributed by atoms with Crippen molar-refractivity contribution in [3.05, 3.63) is 11.3 Å². The average molecular weight is 154 g/mol. The maximum absolute atomic E-state index is 9.10. The molecule has 0 aliphatic carbocycles. The molecule has 60 valence electrons. The number of nitrogens with zero attached hydrogens (tertiary/aromatic N) is 2. The van der Waals surface area contributed by atoms with Gasteiger partial charge >= 0.3 is 6.01 Å². The second kappa shape index (κ2) is 2.74. The van der Waals surface area contributed by atoms with Crippen LogP contribution in [0.25, 0.3) is 0 Å². The lowest BCUT2D eigenvalue weighted by Gasteiger charge is -2.02. The van der Waals surface area contributed by atoms with Crippen LogP contribution in [-0.4, -0.2) is 20.2 Å². The van der Waals surface area contributed by atoms with E-state index in [1.54, 1.807) is 6.92 Å². The molecule has 1 rings (SSSR count). The lowest BCUT2D eigenvalue weighted by atomic mass is 10.2. The molecule has 0 spiro atoms. The number of hydrogen-bond donors (Lipinski definition) is 2. The molecule has 4 nitrogen and oxygen atoms in total. The van der Waals surface area contributed by atoms with Crippen LogP contribution < -0.4 is 0 Å². The van der Waals surface area contributed by atoms with Gasteiger partial charge in [0.1, 0.15) is 0 Å². The van der Waals surface area contributed by atoms with E-state index < -0.39 is 0 Å². The Balaban J connectivity index is 3.24. The molecule has 0 amide bonds. The van der Waals surface area contributed by atoms with Crippen LogP contribution in [0.15, 0.2) is 0 Å². The van der Waals surface area contributed by atoms with Gasteiger partial charge < -0.3 is 10.2 Å². The van der Waals surface area contributed by atoms with Crippen LogP contribution in [0, 0.1) is 6.92 Å². The van der Waals surface area contributed by atoms with Gasteiger partial charge in [-0.25, -0.2) is 0 Å². The topological polar surface area (TPSA) is 66.2 Å². The molecule has 0 atom stereocenters. The molecule has 1 aromatic heterocycles. The van der Waals surface area contributed by atoms with Crippen LogP contribution in [0.5, 0.6) is 11.9 Å².